The molecule has 4 rings (SSSR count). The van der Waals surface area contributed by atoms with Gasteiger partial charge in [0, 0.05) is 49.9 Å². The molecule has 10 heteroatoms. The second kappa shape index (κ2) is 10.4. The number of anilines is 1. The number of piperazine rings is 1. The molecule has 3 heterocycles. The molecule has 0 bridgehead atoms. The lowest BCUT2D eigenvalue weighted by Crippen LogP contribution is -2.50. The molecule has 1 saturated heterocycles. The largest absolute Gasteiger partial charge is 0.355 e. The van der Waals surface area contributed by atoms with E-state index >= 15 is 0 Å². The summed E-state index contributed by atoms with van der Waals surface area (Å²) >= 11 is 1.49. The predicted molar refractivity (Wildman–Crippen MR) is 131 cm³/mol. The van der Waals surface area contributed by atoms with Gasteiger partial charge >= 0.3 is 0 Å². The first-order chi connectivity index (χ1) is 15.9. The van der Waals surface area contributed by atoms with E-state index in [9.17, 15) is 13.2 Å². The number of thiazole rings is 1. The lowest BCUT2D eigenvalue weighted by molar-refractivity contribution is -0.120. The number of aromatic nitrogens is 2. The Kier molecular flexibility index (Phi) is 7.36. The van der Waals surface area contributed by atoms with E-state index < -0.39 is 10.0 Å². The number of carbonyl (C=O) groups is 1. The Labute approximate surface area is 198 Å². The normalized spacial score (nSPS) is 14.9. The molecule has 3 aromatic rings. The Hall–Kier alpha value is -2.82. The number of benzene rings is 1. The highest BCUT2D eigenvalue weighted by molar-refractivity contribution is 7.89. The molecule has 0 aliphatic carbocycles. The van der Waals surface area contributed by atoms with Crippen molar-refractivity contribution < 1.29 is 13.2 Å². The quantitative estimate of drug-likeness (QED) is 0.526. The molecule has 8 nitrogen and oxygen atoms in total. The number of hydrogen-bond donors (Lipinski definition) is 1. The second-order valence-corrected chi connectivity index (χ2v) is 10.9. The molecule has 0 unspecified atom stereocenters. The Morgan fingerprint density at radius 3 is 2.55 bits per heavy atom. The minimum atomic E-state index is -3.43. The smallest absolute Gasteiger partial charge is 0.226 e. The van der Waals surface area contributed by atoms with Crippen molar-refractivity contribution >= 4 is 33.1 Å². The Bertz CT molecular complexity index is 1170. The molecule has 1 fully saturated rings. The maximum Gasteiger partial charge on any atom is 0.226 e. The molecule has 174 valence electrons. The molecule has 1 aliphatic heterocycles. The molecule has 0 atom stereocenters. The van der Waals surface area contributed by atoms with Gasteiger partial charge in [-0.15, -0.1) is 11.3 Å². The van der Waals surface area contributed by atoms with Crippen LogP contribution >= 0.6 is 11.3 Å². The summed E-state index contributed by atoms with van der Waals surface area (Å²) in [7, 11) is -3.43. The summed E-state index contributed by atoms with van der Waals surface area (Å²) in [5.74, 6) is 0.508. The van der Waals surface area contributed by atoms with Crippen LogP contribution in [0.4, 0.5) is 5.82 Å². The maximum absolute atomic E-state index is 12.7. The average Bonchev–Trinajstić information content (AvgIpc) is 3.28. The molecule has 0 saturated carbocycles. The van der Waals surface area contributed by atoms with Crippen molar-refractivity contribution in [1.82, 2.24) is 19.6 Å². The molecule has 2 aromatic heterocycles. The van der Waals surface area contributed by atoms with E-state index in [2.05, 4.69) is 20.2 Å². The van der Waals surface area contributed by atoms with Crippen molar-refractivity contribution in [2.75, 3.05) is 43.4 Å². The monoisotopic (exact) mass is 485 g/mol. The summed E-state index contributed by atoms with van der Waals surface area (Å²) in [6.45, 7) is 4.12. The van der Waals surface area contributed by atoms with E-state index in [-0.39, 0.29) is 24.6 Å². The molecule has 1 aromatic carbocycles. The maximum atomic E-state index is 12.7. The summed E-state index contributed by atoms with van der Waals surface area (Å²) in [5.41, 5.74) is 2.88. The van der Waals surface area contributed by atoms with Crippen LogP contribution in [-0.2, 0) is 21.2 Å². The van der Waals surface area contributed by atoms with Gasteiger partial charge in [0.25, 0.3) is 0 Å². The first kappa shape index (κ1) is 23.3. The van der Waals surface area contributed by atoms with Gasteiger partial charge in [0.1, 0.15) is 10.8 Å². The van der Waals surface area contributed by atoms with E-state index in [0.29, 0.717) is 31.9 Å². The number of nitrogens with one attached hydrogen (secondary N) is 1. The van der Waals surface area contributed by atoms with Crippen LogP contribution in [0, 0.1) is 6.92 Å². The van der Waals surface area contributed by atoms with E-state index in [1.54, 1.807) is 6.20 Å². The van der Waals surface area contributed by atoms with Gasteiger partial charge < -0.3 is 10.2 Å². The lowest BCUT2D eigenvalue weighted by Gasteiger charge is -2.34. The molecular weight excluding hydrogens is 458 g/mol. The highest BCUT2D eigenvalue weighted by atomic mass is 32.2. The fourth-order valence-electron chi connectivity index (χ4n) is 3.63. The zero-order valence-electron chi connectivity index (χ0n) is 18.5. The molecule has 0 radical (unpaired) electrons. The van der Waals surface area contributed by atoms with Crippen LogP contribution in [0.5, 0.6) is 0 Å². The first-order valence-electron chi connectivity index (χ1n) is 10.8. The lowest BCUT2D eigenvalue weighted by atomic mass is 10.2. The van der Waals surface area contributed by atoms with Crippen molar-refractivity contribution in [2.45, 2.75) is 13.3 Å². The van der Waals surface area contributed by atoms with E-state index in [4.69, 9.17) is 0 Å². The molecule has 33 heavy (non-hydrogen) atoms. The van der Waals surface area contributed by atoms with Gasteiger partial charge in [-0.1, -0.05) is 35.9 Å². The van der Waals surface area contributed by atoms with Crippen molar-refractivity contribution in [1.29, 1.82) is 0 Å². The Morgan fingerprint density at radius 1 is 1.09 bits per heavy atom. The van der Waals surface area contributed by atoms with Crippen LogP contribution in [-0.4, -0.2) is 67.1 Å². The molecule has 1 aliphatic rings. The summed E-state index contributed by atoms with van der Waals surface area (Å²) in [4.78, 5) is 23.2. The third-order valence-electron chi connectivity index (χ3n) is 5.48. The number of amides is 1. The number of pyridine rings is 1. The highest BCUT2D eigenvalue weighted by Crippen LogP contribution is 2.24. The van der Waals surface area contributed by atoms with Gasteiger partial charge in [-0.25, -0.2) is 18.4 Å². The summed E-state index contributed by atoms with van der Waals surface area (Å²) in [6, 6.07) is 13.8. The van der Waals surface area contributed by atoms with Gasteiger partial charge in [0.05, 0.1) is 17.9 Å². The summed E-state index contributed by atoms with van der Waals surface area (Å²) in [5, 5.41) is 5.45. The molecular formula is C23H27N5O3S2. The van der Waals surface area contributed by atoms with Crippen LogP contribution in [0.25, 0.3) is 10.6 Å². The zero-order chi connectivity index (χ0) is 23.3. The van der Waals surface area contributed by atoms with E-state index in [1.165, 1.54) is 21.2 Å². The van der Waals surface area contributed by atoms with Crippen molar-refractivity contribution in [3.05, 3.63) is 65.3 Å². The third kappa shape index (κ3) is 6.16. The number of nitrogens with zero attached hydrogens (tertiary/aromatic N) is 4. The number of aryl methyl sites for hydroxylation is 1. The van der Waals surface area contributed by atoms with Gasteiger partial charge in [-0.05, 0) is 19.1 Å². The van der Waals surface area contributed by atoms with Crippen LogP contribution in [0.15, 0.2) is 54.0 Å². The van der Waals surface area contributed by atoms with Gasteiger partial charge in [-0.2, -0.15) is 4.31 Å². The van der Waals surface area contributed by atoms with Crippen LogP contribution in [0.1, 0.15) is 11.3 Å². The van der Waals surface area contributed by atoms with Crippen molar-refractivity contribution in [3.63, 3.8) is 0 Å². The van der Waals surface area contributed by atoms with E-state index in [1.807, 2.05) is 54.8 Å². The second-order valence-electron chi connectivity index (χ2n) is 7.93. The molecule has 1 N–H and O–H groups in total. The summed E-state index contributed by atoms with van der Waals surface area (Å²) in [6.07, 6.45) is 1.86. The fraction of sp³-hybridized carbons (Fsp3) is 0.348. The topological polar surface area (TPSA) is 95.5 Å². The molecule has 0 spiro atoms. The van der Waals surface area contributed by atoms with Crippen LogP contribution in [0.2, 0.25) is 0 Å². The van der Waals surface area contributed by atoms with Crippen LogP contribution in [0.3, 0.4) is 0 Å². The minimum absolute atomic E-state index is 0.0799. The van der Waals surface area contributed by atoms with Crippen LogP contribution < -0.4 is 10.2 Å². The zero-order valence-corrected chi connectivity index (χ0v) is 20.1. The minimum Gasteiger partial charge on any atom is -0.355 e. The number of sulfonamides is 1. The van der Waals surface area contributed by atoms with Crippen molar-refractivity contribution in [2.24, 2.45) is 0 Å². The predicted octanol–water partition coefficient (Wildman–Crippen LogP) is 2.32. The van der Waals surface area contributed by atoms with Gasteiger partial charge in [-0.3, -0.25) is 4.79 Å². The fourth-order valence-corrected chi connectivity index (χ4v) is 5.79. The van der Waals surface area contributed by atoms with Crippen molar-refractivity contribution in [3.8, 4) is 10.6 Å². The summed E-state index contributed by atoms with van der Waals surface area (Å²) < 4.78 is 26.9. The van der Waals surface area contributed by atoms with E-state index in [0.717, 1.165) is 16.4 Å². The Morgan fingerprint density at radius 2 is 1.85 bits per heavy atom. The number of hydrogen-bond acceptors (Lipinski definition) is 7. The number of rotatable bonds is 8. The molecule has 1 amide bonds. The average molecular weight is 486 g/mol. The standard InChI is InChI=1S/C23H27N5O3S2/c1-18-5-7-19(8-6-18)23-26-20(17-32-23)16-22(29)25-10-15-33(30,31)28-13-11-27(12-14-28)21-4-2-3-9-24-21/h2-9,17H,10-16H2,1H3,(H,25,29). The SMILES string of the molecule is Cc1ccc(-c2nc(CC(=O)NCCS(=O)(=O)N3CCN(c4ccccn4)CC3)cs2)cc1. The first-order valence-corrected chi connectivity index (χ1v) is 13.3. The third-order valence-corrected chi connectivity index (χ3v) is 8.29. The van der Waals surface area contributed by atoms with Gasteiger partial charge in [0.2, 0.25) is 15.9 Å². The number of carbonyl (C=O) groups excluding carboxylic acids is 1. The van der Waals surface area contributed by atoms with Gasteiger partial charge in [0.15, 0.2) is 0 Å². The Balaban J connectivity index is 1.22. The highest BCUT2D eigenvalue weighted by Gasteiger charge is 2.27.